The molecule has 0 saturated carbocycles. The predicted molar refractivity (Wildman–Crippen MR) is 220 cm³/mol. The fraction of sp³-hybridized carbons (Fsp3) is 0.0208. The summed E-state index contributed by atoms with van der Waals surface area (Å²) in [4.78, 5) is 15.6. The van der Waals surface area contributed by atoms with E-state index >= 15 is 0 Å². The quantitative estimate of drug-likeness (QED) is 0.164. The van der Waals surface area contributed by atoms with E-state index in [0.29, 0.717) is 17.5 Å². The van der Waals surface area contributed by atoms with Crippen molar-refractivity contribution < 1.29 is 4.42 Å². The summed E-state index contributed by atoms with van der Waals surface area (Å²) in [5.41, 5.74) is 8.55. The molecule has 7 aromatic carbocycles. The van der Waals surface area contributed by atoms with Crippen molar-refractivity contribution in [2.24, 2.45) is 0 Å². The summed E-state index contributed by atoms with van der Waals surface area (Å²) in [5, 5.41) is 7.81. The lowest BCUT2D eigenvalue weighted by atomic mass is 9.96. The van der Waals surface area contributed by atoms with Crippen molar-refractivity contribution in [3.05, 3.63) is 170 Å². The molecule has 0 aliphatic heterocycles. The topological polar surface area (TPSA) is 56.7 Å². The van der Waals surface area contributed by atoms with Crippen molar-refractivity contribution in [3.8, 4) is 39.9 Å². The molecule has 10 aromatic rings. The molecule has 0 saturated heterocycles. The molecule has 0 fully saturated rings. The molecule has 250 valence electrons. The van der Waals surface area contributed by atoms with Crippen LogP contribution in [-0.4, -0.2) is 19.5 Å². The molecular weight excluding hydrogens is 649 g/mol. The molecule has 0 aliphatic carbocycles. The average Bonchev–Trinajstić information content (AvgIpc) is 3.77. The van der Waals surface area contributed by atoms with Gasteiger partial charge in [-0.25, -0.2) is 15.0 Å². The maximum atomic E-state index is 6.63. The fourth-order valence-corrected chi connectivity index (χ4v) is 7.83. The molecule has 0 N–H and O–H groups in total. The molecule has 5 heteroatoms. The Morgan fingerprint density at radius 1 is 0.566 bits per heavy atom. The second kappa shape index (κ2) is 12.3. The molecule has 0 bridgehead atoms. The number of hydrogen-bond donors (Lipinski definition) is 0. The van der Waals surface area contributed by atoms with Crippen molar-refractivity contribution in [1.29, 1.82) is 0 Å². The smallest absolute Gasteiger partial charge is 0.166 e. The van der Waals surface area contributed by atoms with Crippen molar-refractivity contribution >= 4 is 66.5 Å². The number of nitrogens with zero attached hydrogens (tertiary/aromatic N) is 4. The van der Waals surface area contributed by atoms with E-state index in [1.807, 2.05) is 55.5 Å². The first-order chi connectivity index (χ1) is 26.2. The van der Waals surface area contributed by atoms with E-state index in [0.717, 1.165) is 77.2 Å². The molecule has 10 rings (SSSR count). The van der Waals surface area contributed by atoms with Crippen molar-refractivity contribution in [3.63, 3.8) is 0 Å². The number of aromatic nitrogens is 4. The number of benzene rings is 7. The number of fused-ring (bicyclic) bond motifs is 9. The summed E-state index contributed by atoms with van der Waals surface area (Å²) in [6.07, 6.45) is 6.14. The van der Waals surface area contributed by atoms with E-state index in [4.69, 9.17) is 19.4 Å². The van der Waals surface area contributed by atoms with Gasteiger partial charge in [0.15, 0.2) is 17.5 Å². The molecule has 3 heterocycles. The first-order valence-corrected chi connectivity index (χ1v) is 17.8. The van der Waals surface area contributed by atoms with Gasteiger partial charge < -0.3 is 8.98 Å². The minimum absolute atomic E-state index is 0.586. The Kier molecular flexibility index (Phi) is 7.12. The van der Waals surface area contributed by atoms with Gasteiger partial charge in [0, 0.05) is 49.5 Å². The zero-order chi connectivity index (χ0) is 35.5. The second-order valence-corrected chi connectivity index (χ2v) is 13.2. The number of allylic oxidation sites excluding steroid dienone is 1. The van der Waals surface area contributed by atoms with Crippen molar-refractivity contribution in [1.82, 2.24) is 19.5 Å². The van der Waals surface area contributed by atoms with Crippen LogP contribution in [0.25, 0.3) is 106 Å². The maximum absolute atomic E-state index is 6.63. The molecule has 0 radical (unpaired) electrons. The van der Waals surface area contributed by atoms with Gasteiger partial charge in [-0.2, -0.15) is 0 Å². The van der Waals surface area contributed by atoms with E-state index < -0.39 is 0 Å². The van der Waals surface area contributed by atoms with E-state index in [1.165, 1.54) is 10.8 Å². The van der Waals surface area contributed by atoms with Gasteiger partial charge in [-0.05, 0) is 65.6 Å². The molecule has 0 amide bonds. The Balaban J connectivity index is 1.26. The van der Waals surface area contributed by atoms with Crippen LogP contribution in [0.15, 0.2) is 163 Å². The summed E-state index contributed by atoms with van der Waals surface area (Å²) in [6, 6.07) is 50.1. The molecule has 0 atom stereocenters. The lowest BCUT2D eigenvalue weighted by Crippen LogP contribution is -2.02. The third-order valence-corrected chi connectivity index (χ3v) is 10.1. The first-order valence-electron chi connectivity index (χ1n) is 17.8. The maximum Gasteiger partial charge on any atom is 0.166 e. The minimum Gasteiger partial charge on any atom is -0.455 e. The van der Waals surface area contributed by atoms with E-state index in [2.05, 4.69) is 126 Å². The third-order valence-electron chi connectivity index (χ3n) is 10.1. The Labute approximate surface area is 305 Å². The number of rotatable bonds is 6. The van der Waals surface area contributed by atoms with Crippen LogP contribution in [0.5, 0.6) is 0 Å². The summed E-state index contributed by atoms with van der Waals surface area (Å²) in [6.45, 7) is 6.26. The highest BCUT2D eigenvalue weighted by Gasteiger charge is 2.22. The molecule has 5 nitrogen and oxygen atoms in total. The largest absolute Gasteiger partial charge is 0.455 e. The summed E-state index contributed by atoms with van der Waals surface area (Å²) in [5.74, 6) is 1.78. The number of para-hydroxylation sites is 2. The van der Waals surface area contributed by atoms with Gasteiger partial charge in [-0.15, -0.1) is 0 Å². The van der Waals surface area contributed by atoms with Crippen LogP contribution in [0.2, 0.25) is 0 Å². The van der Waals surface area contributed by atoms with Gasteiger partial charge in [0.1, 0.15) is 11.2 Å². The molecule has 53 heavy (non-hydrogen) atoms. The minimum atomic E-state index is 0.586. The van der Waals surface area contributed by atoms with Crippen LogP contribution in [0.1, 0.15) is 18.2 Å². The van der Waals surface area contributed by atoms with E-state index in [1.54, 1.807) is 0 Å². The van der Waals surface area contributed by atoms with Crippen LogP contribution in [0, 0.1) is 0 Å². The zero-order valence-electron chi connectivity index (χ0n) is 29.0. The molecule has 3 aromatic heterocycles. The van der Waals surface area contributed by atoms with Gasteiger partial charge in [0.05, 0.1) is 11.2 Å². The third kappa shape index (κ3) is 4.82. The standard InChI is InChI=1S/C48H32N4O/c1-3-16-41-33(4-2)37-25-15-26-39(44(37)52(41)32-19-9-6-10-20-32)48-50-46(30-17-7-5-8-18-30)49-47(51-48)31-27-28-42-40(29-31)43-36-23-13-11-21-34(36)35-22-12-14-24-38(35)45(43)53-42/h3-29H,2H2,1H3/b16-3-. The first kappa shape index (κ1) is 30.7. The van der Waals surface area contributed by atoms with Crippen LogP contribution < -0.4 is 0 Å². The van der Waals surface area contributed by atoms with E-state index in [-0.39, 0.29) is 0 Å². The van der Waals surface area contributed by atoms with Gasteiger partial charge >= 0.3 is 0 Å². The van der Waals surface area contributed by atoms with Gasteiger partial charge in [-0.3, -0.25) is 0 Å². The van der Waals surface area contributed by atoms with Crippen LogP contribution >= 0.6 is 0 Å². The highest BCUT2D eigenvalue weighted by molar-refractivity contribution is 6.30. The highest BCUT2D eigenvalue weighted by atomic mass is 16.3. The van der Waals surface area contributed by atoms with Crippen LogP contribution in [0.3, 0.4) is 0 Å². The molecular formula is C48H32N4O. The normalized spacial score (nSPS) is 11.9. The number of hydrogen-bond acceptors (Lipinski definition) is 4. The molecule has 0 aliphatic rings. The Morgan fingerprint density at radius 2 is 1.19 bits per heavy atom. The van der Waals surface area contributed by atoms with E-state index in [9.17, 15) is 0 Å². The van der Waals surface area contributed by atoms with Gasteiger partial charge in [-0.1, -0.05) is 128 Å². The van der Waals surface area contributed by atoms with Crippen molar-refractivity contribution in [2.45, 2.75) is 6.92 Å². The van der Waals surface area contributed by atoms with Gasteiger partial charge in [0.25, 0.3) is 0 Å². The Bertz CT molecular complexity index is 3080. The highest BCUT2D eigenvalue weighted by Crippen LogP contribution is 2.42. The molecule has 0 unspecified atom stereocenters. The van der Waals surface area contributed by atoms with Crippen LogP contribution in [-0.2, 0) is 0 Å². The number of furan rings is 1. The summed E-state index contributed by atoms with van der Waals surface area (Å²) in [7, 11) is 0. The molecule has 0 spiro atoms. The van der Waals surface area contributed by atoms with Crippen molar-refractivity contribution in [2.75, 3.05) is 0 Å². The SMILES string of the molecule is C=Cc1c(/C=C\C)n(-c2ccccc2)c2c(-c3nc(-c4ccccc4)nc(-c4ccc5oc6c7ccccc7c7ccccc7c6c5c4)n3)cccc12. The van der Waals surface area contributed by atoms with Gasteiger partial charge in [0.2, 0.25) is 0 Å². The predicted octanol–water partition coefficient (Wildman–Crippen LogP) is 12.7. The Hall–Kier alpha value is -7.11. The lowest BCUT2D eigenvalue weighted by molar-refractivity contribution is 0.673. The summed E-state index contributed by atoms with van der Waals surface area (Å²) < 4.78 is 8.91. The second-order valence-electron chi connectivity index (χ2n) is 13.2. The zero-order valence-corrected chi connectivity index (χ0v) is 29.0. The lowest BCUT2D eigenvalue weighted by Gasteiger charge is -2.13. The monoisotopic (exact) mass is 680 g/mol. The fourth-order valence-electron chi connectivity index (χ4n) is 7.83. The summed E-state index contributed by atoms with van der Waals surface area (Å²) >= 11 is 0. The average molecular weight is 681 g/mol. The van der Waals surface area contributed by atoms with Crippen LogP contribution in [0.4, 0.5) is 0 Å². The Morgan fingerprint density at radius 3 is 1.92 bits per heavy atom.